The SMILES string of the molecule is c1ccc(-c2cccc(-c3ccccc3N(c3ccc(-c4cccc5c4oc4ccc(-c6cccc(N7c8ccccc8C8(c9ccccc9-c9c(N(c%10ccc(-c%11ccc%12c%13ccccc%13n(-c%13ccccc%13)c%12c%11)cc%10)c%10ccccc%10-c%10cccc(-c%11ccccc%11)c%10)cccc98)c8ccccc87)c6)cc45)cc3)c3cccc4c3-c3ccccc3C43c4ccccc4N(c4ccccc4)c4ccccc43)c2)cc1. The Bertz CT molecular complexity index is 9440. The van der Waals surface area contributed by atoms with Crippen molar-refractivity contribution in [2.75, 3.05) is 19.6 Å². The number of aromatic nitrogens is 1. The smallest absolute Gasteiger partial charge is 0.143 e. The van der Waals surface area contributed by atoms with E-state index in [9.17, 15) is 0 Å². The molecule has 6 nitrogen and oxygen atoms in total. The lowest BCUT2D eigenvalue weighted by molar-refractivity contribution is 0.670. The van der Waals surface area contributed by atoms with Gasteiger partial charge < -0.3 is 28.6 Å². The van der Waals surface area contributed by atoms with Crippen LogP contribution in [-0.4, -0.2) is 4.57 Å². The predicted octanol–water partition coefficient (Wildman–Crippen LogP) is 37.6. The third kappa shape index (κ3) is 12.9. The Kier molecular flexibility index (Phi) is 19.4. The molecule has 0 fully saturated rings. The number of nitrogens with zero attached hydrogens (tertiary/aromatic N) is 5. The minimum atomic E-state index is -0.758. The first-order valence-electron chi connectivity index (χ1n) is 50.4. The van der Waals surface area contributed by atoms with Crippen LogP contribution < -0.4 is 19.6 Å². The van der Waals surface area contributed by atoms with Crippen LogP contribution in [0.25, 0.3) is 150 Å². The van der Waals surface area contributed by atoms with Gasteiger partial charge in [-0.2, -0.15) is 0 Å². The van der Waals surface area contributed by atoms with Crippen molar-refractivity contribution in [2.24, 2.45) is 0 Å². The highest BCUT2D eigenvalue weighted by atomic mass is 16.3. The molecule has 2 aliphatic heterocycles. The molecule has 0 amide bonds. The van der Waals surface area contributed by atoms with Gasteiger partial charge in [-0.05, 0) is 262 Å². The monoisotopic (exact) mass is 1860 g/mol. The van der Waals surface area contributed by atoms with Crippen LogP contribution in [0.5, 0.6) is 0 Å². The Morgan fingerprint density at radius 1 is 0.178 bits per heavy atom. The summed E-state index contributed by atoms with van der Waals surface area (Å²) in [7, 11) is 0. The molecule has 25 aromatic rings. The van der Waals surface area contributed by atoms with Crippen molar-refractivity contribution in [3.05, 3.63) is 597 Å². The van der Waals surface area contributed by atoms with Crippen molar-refractivity contribution in [3.8, 4) is 106 Å². The molecule has 682 valence electrons. The molecule has 0 radical (unpaired) electrons. The van der Waals surface area contributed by atoms with Crippen LogP contribution in [0.4, 0.5) is 68.2 Å². The molecule has 2 aromatic heterocycles. The highest BCUT2D eigenvalue weighted by Gasteiger charge is 2.55. The van der Waals surface area contributed by atoms with Gasteiger partial charge in [0.2, 0.25) is 0 Å². The van der Waals surface area contributed by atoms with Crippen molar-refractivity contribution < 1.29 is 4.42 Å². The molecule has 2 aliphatic carbocycles. The molecular formula is C140H91N5O. The number of rotatable bonds is 16. The van der Waals surface area contributed by atoms with Gasteiger partial charge in [-0.25, -0.2) is 0 Å². The van der Waals surface area contributed by atoms with E-state index in [2.05, 4.69) is 576 Å². The summed E-state index contributed by atoms with van der Waals surface area (Å²) in [6, 6.07) is 205. The average Bonchev–Trinajstić information content (AvgIpc) is 1.50. The van der Waals surface area contributed by atoms with Gasteiger partial charge in [0.1, 0.15) is 11.2 Å². The highest BCUT2D eigenvalue weighted by Crippen LogP contribution is 2.69. The number of fused-ring (bicyclic) bond motifs is 24. The average molecular weight is 1860 g/mol. The molecule has 0 atom stereocenters. The number of anilines is 12. The van der Waals surface area contributed by atoms with Gasteiger partial charge in [0.15, 0.2) is 0 Å². The third-order valence-corrected chi connectivity index (χ3v) is 31.2. The quantitative estimate of drug-likeness (QED) is 0.0962. The van der Waals surface area contributed by atoms with E-state index < -0.39 is 10.8 Å². The molecule has 0 bridgehead atoms. The van der Waals surface area contributed by atoms with Gasteiger partial charge in [0, 0.05) is 77.8 Å². The molecule has 146 heavy (non-hydrogen) atoms. The molecule has 0 N–H and O–H groups in total. The normalized spacial score (nSPS) is 13.0. The van der Waals surface area contributed by atoms with Gasteiger partial charge in [-0.3, -0.25) is 0 Å². The van der Waals surface area contributed by atoms with E-state index in [4.69, 9.17) is 4.42 Å². The van der Waals surface area contributed by atoms with Crippen molar-refractivity contribution in [2.45, 2.75) is 10.8 Å². The van der Waals surface area contributed by atoms with Crippen LogP contribution >= 0.6 is 0 Å². The number of furan rings is 1. The van der Waals surface area contributed by atoms with E-state index in [1.165, 1.54) is 99.7 Å². The summed E-state index contributed by atoms with van der Waals surface area (Å²) in [6.45, 7) is 0. The van der Waals surface area contributed by atoms with Gasteiger partial charge in [0.05, 0.1) is 67.4 Å². The largest absolute Gasteiger partial charge is 0.455 e. The molecule has 29 rings (SSSR count). The van der Waals surface area contributed by atoms with Gasteiger partial charge in [-0.1, -0.05) is 406 Å². The van der Waals surface area contributed by atoms with Crippen molar-refractivity contribution in [3.63, 3.8) is 0 Å². The van der Waals surface area contributed by atoms with Crippen LogP contribution in [0.2, 0.25) is 0 Å². The molecule has 2 spiro atoms. The molecule has 0 saturated heterocycles. The Balaban J connectivity index is 0.534. The van der Waals surface area contributed by atoms with Crippen molar-refractivity contribution >= 4 is 112 Å². The van der Waals surface area contributed by atoms with Crippen LogP contribution in [0.3, 0.4) is 0 Å². The van der Waals surface area contributed by atoms with E-state index in [0.717, 1.165) is 163 Å². The molecule has 0 unspecified atom stereocenters. The maximum Gasteiger partial charge on any atom is 0.143 e. The Labute approximate surface area is 847 Å². The number of hydrogen-bond acceptors (Lipinski definition) is 5. The Hall–Kier alpha value is -19.1. The van der Waals surface area contributed by atoms with E-state index in [-0.39, 0.29) is 0 Å². The second kappa shape index (κ2) is 33.8. The van der Waals surface area contributed by atoms with E-state index >= 15 is 0 Å². The minimum Gasteiger partial charge on any atom is -0.455 e. The lowest BCUT2D eigenvalue weighted by Crippen LogP contribution is -2.36. The second-order valence-electron chi connectivity index (χ2n) is 38.7. The maximum absolute atomic E-state index is 7.20. The Morgan fingerprint density at radius 2 is 0.514 bits per heavy atom. The zero-order valence-corrected chi connectivity index (χ0v) is 79.7. The first-order valence-corrected chi connectivity index (χ1v) is 50.4. The van der Waals surface area contributed by atoms with Gasteiger partial charge in [-0.15, -0.1) is 0 Å². The summed E-state index contributed by atoms with van der Waals surface area (Å²) in [6.07, 6.45) is 0. The molecule has 23 aromatic carbocycles. The summed E-state index contributed by atoms with van der Waals surface area (Å²) in [5.41, 5.74) is 47.1. The number of benzene rings is 23. The lowest BCUT2D eigenvalue weighted by atomic mass is 9.64. The van der Waals surface area contributed by atoms with Crippen LogP contribution in [0.1, 0.15) is 44.5 Å². The number of para-hydroxylation sites is 10. The first-order chi connectivity index (χ1) is 72.5. The van der Waals surface area contributed by atoms with E-state index in [1.807, 2.05) is 0 Å². The lowest BCUT2D eigenvalue weighted by Gasteiger charge is -2.45. The minimum absolute atomic E-state index is 0.676. The topological polar surface area (TPSA) is 31.0 Å². The zero-order valence-electron chi connectivity index (χ0n) is 79.7. The van der Waals surface area contributed by atoms with E-state index in [1.54, 1.807) is 0 Å². The maximum atomic E-state index is 7.20. The van der Waals surface area contributed by atoms with Crippen LogP contribution in [0, 0.1) is 0 Å². The van der Waals surface area contributed by atoms with Crippen molar-refractivity contribution in [1.82, 2.24) is 4.57 Å². The second-order valence-corrected chi connectivity index (χ2v) is 38.7. The Morgan fingerprint density at radius 3 is 1.05 bits per heavy atom. The van der Waals surface area contributed by atoms with E-state index in [0.29, 0.717) is 0 Å². The molecule has 4 aliphatic rings. The fourth-order valence-electron chi connectivity index (χ4n) is 25.0. The summed E-state index contributed by atoms with van der Waals surface area (Å²) >= 11 is 0. The fourth-order valence-corrected chi connectivity index (χ4v) is 25.0. The van der Waals surface area contributed by atoms with Crippen LogP contribution in [-0.2, 0) is 10.8 Å². The summed E-state index contributed by atoms with van der Waals surface area (Å²) in [4.78, 5) is 10.0. The zero-order chi connectivity index (χ0) is 96.1. The number of hydrogen-bond donors (Lipinski definition) is 0. The van der Waals surface area contributed by atoms with Crippen LogP contribution in [0.15, 0.2) is 556 Å². The standard InChI is InChI=1S/C140H91N5O/c1-5-37-92(38-6-1)96-41-31-44-101(87-96)108-51-15-24-66-125(108)141(105-81-75-94(76-82-105)100-79-85-112-111-53-17-26-68-127(111)143(134(112)91-100)103-46-9-3-10-47-103)132-73-36-65-124-137(132)115-55-14-19-59-118(115)140(124)121-62-22-29-71-130(121)145(131-72-30-23-63-122(131)140)107-50-33-43-98(89-107)99-80-86-135-116(90-99)113-57-34-56-110(138(113)146-135)95-77-83-106(84-78-95)142(126-67-25-16-52-109(126)102-45-32-42-97(88-102)93-39-7-2-8-40-93)133-74-35-64-123-136(133)114-54-13-18-58-117(114)139(123)119-60-20-27-69-128(119)144(104-48-11-4-12-49-104)129-70-28-21-61-120(129)139/h1-91H. The molecule has 0 saturated carbocycles. The summed E-state index contributed by atoms with van der Waals surface area (Å²) in [5.74, 6) is 0. The first kappa shape index (κ1) is 83.8. The fraction of sp³-hybridized carbons (Fsp3) is 0.0143. The van der Waals surface area contributed by atoms with Crippen molar-refractivity contribution in [1.29, 1.82) is 0 Å². The summed E-state index contributed by atoms with van der Waals surface area (Å²) < 4.78 is 9.61. The predicted molar refractivity (Wildman–Crippen MR) is 607 cm³/mol. The third-order valence-electron chi connectivity index (χ3n) is 31.2. The highest BCUT2D eigenvalue weighted by molar-refractivity contribution is 6.14. The van der Waals surface area contributed by atoms with Gasteiger partial charge >= 0.3 is 0 Å². The molecule has 4 heterocycles. The summed E-state index contributed by atoms with van der Waals surface area (Å²) in [5, 5.41) is 4.56. The molecule has 6 heteroatoms. The molecular weight excluding hydrogens is 1770 g/mol. The van der Waals surface area contributed by atoms with Gasteiger partial charge in [0.25, 0.3) is 0 Å².